The maximum Gasteiger partial charge on any atom is 0.121 e. The lowest BCUT2D eigenvalue weighted by atomic mass is 9.90. The second kappa shape index (κ2) is 2.86. The van der Waals surface area contributed by atoms with Crippen molar-refractivity contribution in [3.05, 3.63) is 12.2 Å². The molecule has 0 aromatic heterocycles. The zero-order chi connectivity index (χ0) is 9.41. The molecule has 0 aliphatic carbocycles. The van der Waals surface area contributed by atoms with Crippen molar-refractivity contribution in [3.8, 4) is 0 Å². The fourth-order valence-corrected chi connectivity index (χ4v) is 0.908. The topological polar surface area (TPSA) is 18.5 Å². The Morgan fingerprint density at radius 1 is 1.00 bits per heavy atom. The van der Waals surface area contributed by atoms with E-state index in [9.17, 15) is 0 Å². The second-order valence-corrected chi connectivity index (χ2v) is 4.44. The lowest BCUT2D eigenvalue weighted by Crippen LogP contribution is -2.40. The number of rotatable bonds is 1. The van der Waals surface area contributed by atoms with Crippen molar-refractivity contribution < 1.29 is 9.78 Å². The van der Waals surface area contributed by atoms with Gasteiger partial charge in [-0.3, -0.25) is 0 Å². The molecular weight excluding hydrogens is 152 g/mol. The molecule has 0 saturated carbocycles. The summed E-state index contributed by atoms with van der Waals surface area (Å²) in [6, 6.07) is 0. The van der Waals surface area contributed by atoms with E-state index in [-0.39, 0.29) is 11.2 Å². The van der Waals surface area contributed by atoms with Crippen molar-refractivity contribution >= 4 is 0 Å². The molecule has 0 saturated heterocycles. The highest BCUT2D eigenvalue weighted by molar-refractivity contribution is 5.09. The highest BCUT2D eigenvalue weighted by Crippen LogP contribution is 2.31. The smallest absolute Gasteiger partial charge is 0.121 e. The first-order chi connectivity index (χ1) is 5.36. The van der Waals surface area contributed by atoms with Crippen molar-refractivity contribution in [2.75, 3.05) is 0 Å². The molecule has 0 spiro atoms. The van der Waals surface area contributed by atoms with Gasteiger partial charge in [-0.15, -0.1) is 0 Å². The van der Waals surface area contributed by atoms with Crippen molar-refractivity contribution in [3.63, 3.8) is 0 Å². The first-order valence-electron chi connectivity index (χ1n) is 4.43. The Balaban J connectivity index is 2.77. The van der Waals surface area contributed by atoms with E-state index in [1.54, 1.807) is 0 Å². The molecule has 12 heavy (non-hydrogen) atoms. The summed E-state index contributed by atoms with van der Waals surface area (Å²) >= 11 is 0. The summed E-state index contributed by atoms with van der Waals surface area (Å²) in [5.41, 5.74) is -0.552. The average molecular weight is 170 g/mol. The fourth-order valence-electron chi connectivity index (χ4n) is 0.908. The van der Waals surface area contributed by atoms with Crippen LogP contribution in [0.2, 0.25) is 0 Å². The van der Waals surface area contributed by atoms with Crippen LogP contribution in [0.3, 0.4) is 0 Å². The van der Waals surface area contributed by atoms with E-state index in [0.29, 0.717) is 5.92 Å². The predicted molar refractivity (Wildman–Crippen MR) is 48.6 cm³/mol. The molecule has 2 nitrogen and oxygen atoms in total. The molecule has 1 aliphatic heterocycles. The largest absolute Gasteiger partial charge is 0.226 e. The summed E-state index contributed by atoms with van der Waals surface area (Å²) < 4.78 is 0. The highest BCUT2D eigenvalue weighted by Gasteiger charge is 2.35. The molecule has 0 amide bonds. The predicted octanol–water partition coefficient (Wildman–Crippen LogP) is 2.70. The van der Waals surface area contributed by atoms with Gasteiger partial charge in [0.05, 0.1) is 0 Å². The molecule has 0 aromatic carbocycles. The molecule has 0 N–H and O–H groups in total. The summed E-state index contributed by atoms with van der Waals surface area (Å²) in [4.78, 5) is 10.6. The van der Waals surface area contributed by atoms with Gasteiger partial charge in [0, 0.05) is 0 Å². The summed E-state index contributed by atoms with van der Waals surface area (Å²) in [6.45, 7) is 10.2. The van der Waals surface area contributed by atoms with Crippen molar-refractivity contribution in [2.24, 2.45) is 5.92 Å². The Hall–Kier alpha value is -0.340. The van der Waals surface area contributed by atoms with Crippen molar-refractivity contribution in [2.45, 2.75) is 45.8 Å². The molecule has 1 heterocycles. The highest BCUT2D eigenvalue weighted by atomic mass is 17.2. The number of hydrogen-bond acceptors (Lipinski definition) is 2. The van der Waals surface area contributed by atoms with Crippen LogP contribution in [0.15, 0.2) is 12.2 Å². The van der Waals surface area contributed by atoms with Gasteiger partial charge in [-0.25, -0.2) is 9.78 Å². The minimum absolute atomic E-state index is 0.268. The van der Waals surface area contributed by atoms with Crippen LogP contribution in [0, 0.1) is 5.92 Å². The SMILES string of the molecule is CC(C)C1(C)C=CC(C)(C)OO1. The van der Waals surface area contributed by atoms with Crippen LogP contribution < -0.4 is 0 Å². The van der Waals surface area contributed by atoms with Crippen molar-refractivity contribution in [1.29, 1.82) is 0 Å². The molecule has 1 atom stereocenters. The van der Waals surface area contributed by atoms with Gasteiger partial charge in [-0.1, -0.05) is 26.0 Å². The zero-order valence-electron chi connectivity index (χ0n) is 8.55. The van der Waals surface area contributed by atoms with Crippen LogP contribution >= 0.6 is 0 Å². The molecule has 0 bridgehead atoms. The minimum Gasteiger partial charge on any atom is -0.226 e. The summed E-state index contributed by atoms with van der Waals surface area (Å²) in [6.07, 6.45) is 4.14. The molecule has 1 unspecified atom stereocenters. The van der Waals surface area contributed by atoms with Gasteiger partial charge in [0.25, 0.3) is 0 Å². The number of hydrogen-bond donors (Lipinski definition) is 0. The van der Waals surface area contributed by atoms with E-state index in [2.05, 4.69) is 26.0 Å². The first-order valence-corrected chi connectivity index (χ1v) is 4.43. The van der Waals surface area contributed by atoms with Gasteiger partial charge in [-0.05, 0) is 26.7 Å². The van der Waals surface area contributed by atoms with Gasteiger partial charge >= 0.3 is 0 Å². The third-order valence-electron chi connectivity index (χ3n) is 2.40. The van der Waals surface area contributed by atoms with Gasteiger partial charge in [0.1, 0.15) is 11.2 Å². The van der Waals surface area contributed by atoms with Crippen LogP contribution in [-0.4, -0.2) is 11.2 Å². The Morgan fingerprint density at radius 3 is 1.92 bits per heavy atom. The quantitative estimate of drug-likeness (QED) is 0.445. The molecule has 1 aliphatic rings. The first kappa shape index (κ1) is 9.75. The molecule has 0 aromatic rings. The van der Waals surface area contributed by atoms with Gasteiger partial charge in [0.2, 0.25) is 0 Å². The van der Waals surface area contributed by atoms with Crippen LogP contribution in [0.1, 0.15) is 34.6 Å². The van der Waals surface area contributed by atoms with E-state index in [1.807, 2.05) is 20.8 Å². The molecule has 0 radical (unpaired) electrons. The van der Waals surface area contributed by atoms with Gasteiger partial charge in [-0.2, -0.15) is 0 Å². The lowest BCUT2D eigenvalue weighted by molar-refractivity contribution is -0.398. The second-order valence-electron chi connectivity index (χ2n) is 4.44. The van der Waals surface area contributed by atoms with E-state index < -0.39 is 0 Å². The molecule has 0 fully saturated rings. The Labute approximate surface area is 74.5 Å². The average Bonchev–Trinajstić information content (AvgIpc) is 1.96. The normalized spacial score (nSPS) is 34.2. The monoisotopic (exact) mass is 170 g/mol. The Bertz CT molecular complexity index is 194. The summed E-state index contributed by atoms with van der Waals surface area (Å²) in [7, 11) is 0. The third-order valence-corrected chi connectivity index (χ3v) is 2.40. The molecule has 70 valence electrons. The van der Waals surface area contributed by atoms with Crippen LogP contribution in [-0.2, 0) is 9.78 Å². The third kappa shape index (κ3) is 1.87. The Kier molecular flexibility index (Phi) is 2.32. The maximum atomic E-state index is 5.36. The zero-order valence-corrected chi connectivity index (χ0v) is 8.55. The fraction of sp³-hybridized carbons (Fsp3) is 0.800. The molecule has 1 rings (SSSR count). The summed E-state index contributed by atoms with van der Waals surface area (Å²) in [5.74, 6) is 0.421. The minimum atomic E-state index is -0.283. The molecular formula is C10H18O2. The molecule has 2 heteroatoms. The van der Waals surface area contributed by atoms with Crippen molar-refractivity contribution in [1.82, 2.24) is 0 Å². The standard InChI is InChI=1S/C10H18O2/c1-8(2)10(5)7-6-9(3,4)11-12-10/h6-8H,1-5H3. The van der Waals surface area contributed by atoms with Crippen LogP contribution in [0.25, 0.3) is 0 Å². The van der Waals surface area contributed by atoms with Crippen LogP contribution in [0.4, 0.5) is 0 Å². The van der Waals surface area contributed by atoms with E-state index in [0.717, 1.165) is 0 Å². The van der Waals surface area contributed by atoms with Gasteiger partial charge in [0.15, 0.2) is 0 Å². The van der Waals surface area contributed by atoms with E-state index in [1.165, 1.54) is 0 Å². The van der Waals surface area contributed by atoms with Crippen LogP contribution in [0.5, 0.6) is 0 Å². The Morgan fingerprint density at radius 2 is 1.58 bits per heavy atom. The lowest BCUT2D eigenvalue weighted by Gasteiger charge is -2.37. The van der Waals surface area contributed by atoms with E-state index >= 15 is 0 Å². The van der Waals surface area contributed by atoms with E-state index in [4.69, 9.17) is 9.78 Å². The summed E-state index contributed by atoms with van der Waals surface area (Å²) in [5, 5.41) is 0. The maximum absolute atomic E-state index is 5.36. The van der Waals surface area contributed by atoms with Gasteiger partial charge < -0.3 is 0 Å².